The van der Waals surface area contributed by atoms with Crippen LogP contribution in [0.2, 0.25) is 5.02 Å². The molecule has 3 heteroatoms. The van der Waals surface area contributed by atoms with Gasteiger partial charge in [-0.2, -0.15) is 0 Å². The fourth-order valence-electron chi connectivity index (χ4n) is 1.11. The molecule has 0 aliphatic heterocycles. The number of hydrogen-bond donors (Lipinski definition) is 0. The Balaban J connectivity index is 2.62. The highest BCUT2D eigenvalue weighted by Gasteiger charge is 2.07. The summed E-state index contributed by atoms with van der Waals surface area (Å²) >= 11 is 5.91. The van der Waals surface area contributed by atoms with Crippen LogP contribution in [0.4, 0.5) is 0 Å². The molecule has 0 fully saturated rings. The maximum Gasteiger partial charge on any atom is 0.338 e. The Hall–Kier alpha value is -1.02. The minimum atomic E-state index is -0.301. The van der Waals surface area contributed by atoms with Crippen molar-refractivity contribution in [3.8, 4) is 0 Å². The van der Waals surface area contributed by atoms with E-state index in [-0.39, 0.29) is 5.97 Å². The van der Waals surface area contributed by atoms with E-state index >= 15 is 0 Å². The Morgan fingerprint density at radius 3 is 2.80 bits per heavy atom. The number of unbranched alkanes of at least 4 members (excludes halogenated alkanes) is 1. The van der Waals surface area contributed by atoms with E-state index in [1.54, 1.807) is 12.1 Å². The number of benzene rings is 1. The molecule has 0 unspecified atom stereocenters. The molecule has 0 bridgehead atoms. The van der Waals surface area contributed by atoms with Gasteiger partial charge < -0.3 is 4.74 Å². The minimum absolute atomic E-state index is 0.301. The third-order valence-electron chi connectivity index (χ3n) is 2.14. The van der Waals surface area contributed by atoms with E-state index in [0.717, 1.165) is 18.4 Å². The largest absolute Gasteiger partial charge is 0.462 e. The summed E-state index contributed by atoms with van der Waals surface area (Å²) in [7, 11) is 0. The normalized spacial score (nSPS) is 10.1. The molecule has 0 aliphatic rings. The number of aryl methyl sites for hydroxylation is 1. The van der Waals surface area contributed by atoms with E-state index < -0.39 is 0 Å². The van der Waals surface area contributed by atoms with Gasteiger partial charge >= 0.3 is 5.97 Å². The van der Waals surface area contributed by atoms with Crippen LogP contribution in [0.3, 0.4) is 0 Å². The fourth-order valence-corrected chi connectivity index (χ4v) is 1.29. The zero-order chi connectivity index (χ0) is 11.3. The molecule has 82 valence electrons. The number of carbonyl (C=O) groups is 1. The summed E-state index contributed by atoms with van der Waals surface area (Å²) in [5.41, 5.74) is 1.48. The lowest BCUT2D eigenvalue weighted by atomic mass is 10.1. The monoisotopic (exact) mass is 226 g/mol. The molecule has 1 rings (SSSR count). The molecule has 0 heterocycles. The van der Waals surface area contributed by atoms with Crippen molar-refractivity contribution >= 4 is 17.6 Å². The quantitative estimate of drug-likeness (QED) is 0.579. The second kappa shape index (κ2) is 5.76. The van der Waals surface area contributed by atoms with E-state index in [2.05, 4.69) is 6.92 Å². The average molecular weight is 227 g/mol. The zero-order valence-electron chi connectivity index (χ0n) is 9.05. The number of ether oxygens (including phenoxy) is 1. The molecular weight excluding hydrogens is 212 g/mol. The van der Waals surface area contributed by atoms with Gasteiger partial charge in [-0.05, 0) is 31.0 Å². The van der Waals surface area contributed by atoms with Gasteiger partial charge in [0.25, 0.3) is 0 Å². The van der Waals surface area contributed by atoms with E-state index in [9.17, 15) is 4.79 Å². The number of rotatable bonds is 4. The Labute approximate surface area is 95.2 Å². The summed E-state index contributed by atoms with van der Waals surface area (Å²) in [5.74, 6) is -0.301. The van der Waals surface area contributed by atoms with Crippen molar-refractivity contribution in [1.82, 2.24) is 0 Å². The summed E-state index contributed by atoms with van der Waals surface area (Å²) in [6, 6.07) is 5.19. The molecule has 0 radical (unpaired) electrons. The smallest absolute Gasteiger partial charge is 0.338 e. The fraction of sp³-hybridized carbons (Fsp3) is 0.417. The van der Waals surface area contributed by atoms with Crippen LogP contribution >= 0.6 is 11.6 Å². The third-order valence-corrected chi connectivity index (χ3v) is 2.55. The van der Waals surface area contributed by atoms with Gasteiger partial charge in [-0.25, -0.2) is 4.79 Å². The van der Waals surface area contributed by atoms with Crippen LogP contribution < -0.4 is 0 Å². The highest BCUT2D eigenvalue weighted by atomic mass is 35.5. The van der Waals surface area contributed by atoms with Gasteiger partial charge in [0.2, 0.25) is 0 Å². The van der Waals surface area contributed by atoms with Gasteiger partial charge in [0.05, 0.1) is 12.2 Å². The first-order chi connectivity index (χ1) is 7.15. The highest BCUT2D eigenvalue weighted by Crippen LogP contribution is 2.17. The maximum atomic E-state index is 11.5. The molecule has 0 spiro atoms. The molecular formula is C12H15ClO2. The van der Waals surface area contributed by atoms with E-state index in [1.807, 2.05) is 13.0 Å². The molecule has 0 aromatic heterocycles. The van der Waals surface area contributed by atoms with Crippen molar-refractivity contribution in [3.05, 3.63) is 34.3 Å². The second-order valence-electron chi connectivity index (χ2n) is 3.45. The Bertz CT molecular complexity index is 347. The SMILES string of the molecule is CCCCOC(=O)c1ccc(C)c(Cl)c1. The lowest BCUT2D eigenvalue weighted by Crippen LogP contribution is -2.06. The van der Waals surface area contributed by atoms with Crippen molar-refractivity contribution < 1.29 is 9.53 Å². The van der Waals surface area contributed by atoms with Crippen LogP contribution in [0, 0.1) is 6.92 Å². The van der Waals surface area contributed by atoms with Gasteiger partial charge in [0.15, 0.2) is 0 Å². The molecule has 1 aromatic carbocycles. The van der Waals surface area contributed by atoms with Crippen molar-refractivity contribution in [2.24, 2.45) is 0 Å². The van der Waals surface area contributed by atoms with Gasteiger partial charge in [0.1, 0.15) is 0 Å². The van der Waals surface area contributed by atoms with E-state index in [4.69, 9.17) is 16.3 Å². The van der Waals surface area contributed by atoms with Crippen LogP contribution in [-0.4, -0.2) is 12.6 Å². The Morgan fingerprint density at radius 1 is 1.47 bits per heavy atom. The van der Waals surface area contributed by atoms with Crippen molar-refractivity contribution in [3.63, 3.8) is 0 Å². The molecule has 0 aliphatic carbocycles. The van der Waals surface area contributed by atoms with Crippen LogP contribution in [0.5, 0.6) is 0 Å². The second-order valence-corrected chi connectivity index (χ2v) is 3.86. The van der Waals surface area contributed by atoms with Crippen LogP contribution in [0.25, 0.3) is 0 Å². The molecule has 0 saturated carbocycles. The predicted molar refractivity (Wildman–Crippen MR) is 61.4 cm³/mol. The first kappa shape index (κ1) is 12.1. The summed E-state index contributed by atoms with van der Waals surface area (Å²) in [5, 5.41) is 0.597. The molecule has 0 saturated heterocycles. The summed E-state index contributed by atoms with van der Waals surface area (Å²) in [4.78, 5) is 11.5. The van der Waals surface area contributed by atoms with Gasteiger partial charge in [-0.3, -0.25) is 0 Å². The topological polar surface area (TPSA) is 26.3 Å². The first-order valence-corrected chi connectivity index (χ1v) is 5.46. The van der Waals surface area contributed by atoms with Gasteiger partial charge in [0, 0.05) is 5.02 Å². The zero-order valence-corrected chi connectivity index (χ0v) is 9.80. The Morgan fingerprint density at radius 2 is 2.20 bits per heavy atom. The lowest BCUT2D eigenvalue weighted by Gasteiger charge is -2.05. The van der Waals surface area contributed by atoms with E-state index in [1.165, 1.54) is 0 Å². The molecule has 1 aromatic rings. The maximum absolute atomic E-state index is 11.5. The molecule has 15 heavy (non-hydrogen) atoms. The molecule has 0 amide bonds. The summed E-state index contributed by atoms with van der Waals surface area (Å²) < 4.78 is 5.07. The van der Waals surface area contributed by atoms with Crippen molar-refractivity contribution in [2.75, 3.05) is 6.61 Å². The molecule has 0 N–H and O–H groups in total. The van der Waals surface area contributed by atoms with Crippen LogP contribution in [0.15, 0.2) is 18.2 Å². The van der Waals surface area contributed by atoms with Crippen molar-refractivity contribution in [2.45, 2.75) is 26.7 Å². The number of hydrogen-bond acceptors (Lipinski definition) is 2. The van der Waals surface area contributed by atoms with Crippen LogP contribution in [0.1, 0.15) is 35.7 Å². The minimum Gasteiger partial charge on any atom is -0.462 e. The summed E-state index contributed by atoms with van der Waals surface area (Å²) in [6.45, 7) is 4.42. The summed E-state index contributed by atoms with van der Waals surface area (Å²) in [6.07, 6.45) is 1.91. The lowest BCUT2D eigenvalue weighted by molar-refractivity contribution is 0.0500. The Kier molecular flexibility index (Phi) is 4.63. The molecule has 0 atom stereocenters. The average Bonchev–Trinajstić information content (AvgIpc) is 2.22. The highest BCUT2D eigenvalue weighted by molar-refractivity contribution is 6.31. The predicted octanol–water partition coefficient (Wildman–Crippen LogP) is 3.61. The molecule has 2 nitrogen and oxygen atoms in total. The van der Waals surface area contributed by atoms with Crippen molar-refractivity contribution in [1.29, 1.82) is 0 Å². The van der Waals surface area contributed by atoms with E-state index in [0.29, 0.717) is 17.2 Å². The number of carbonyl (C=O) groups excluding carboxylic acids is 1. The van der Waals surface area contributed by atoms with Crippen LogP contribution in [-0.2, 0) is 4.74 Å². The third kappa shape index (κ3) is 3.56. The van der Waals surface area contributed by atoms with Gasteiger partial charge in [-0.1, -0.05) is 31.0 Å². The van der Waals surface area contributed by atoms with Gasteiger partial charge in [-0.15, -0.1) is 0 Å². The standard InChI is InChI=1S/C12H15ClO2/c1-3-4-7-15-12(14)10-6-5-9(2)11(13)8-10/h5-6,8H,3-4,7H2,1-2H3. The number of esters is 1. The first-order valence-electron chi connectivity index (χ1n) is 5.08. The number of halogens is 1.